The number of carbonyl (C=O) groups excluding carboxylic acids is 1. The average Bonchev–Trinajstić information content (AvgIpc) is 3.26. The van der Waals surface area contributed by atoms with Crippen molar-refractivity contribution in [3.63, 3.8) is 0 Å². The lowest BCUT2D eigenvalue weighted by molar-refractivity contribution is -0.118. The number of fused-ring (bicyclic) bond motifs is 3. The number of phenolic OH excluding ortho intramolecular Hbond substituents is 1. The van der Waals surface area contributed by atoms with Gasteiger partial charge in [0.25, 0.3) is 11.5 Å². The molecule has 1 aliphatic rings. The minimum atomic E-state index is -0.336. The van der Waals surface area contributed by atoms with Crippen molar-refractivity contribution >= 4 is 60.9 Å². The third-order valence-electron chi connectivity index (χ3n) is 6.02. The van der Waals surface area contributed by atoms with Crippen LogP contribution in [0.5, 0.6) is 5.75 Å². The third-order valence-corrected chi connectivity index (χ3v) is 8.67. The third kappa shape index (κ3) is 4.98. The second kappa shape index (κ2) is 10.6. The van der Waals surface area contributed by atoms with E-state index in [1.807, 2.05) is 24.3 Å². The lowest BCUT2D eigenvalue weighted by atomic mass is 9.97. The molecule has 0 bridgehead atoms. The standard InChI is InChI=1S/C26H23BrN4O3S2/c1-15(18-6-2-4-8-20(18)32)29-30-22(33)14-35-26-28-24-23(19-7-3-5-9-21(19)36-24)25(34)31(26)17-12-10-16(27)11-13-17/h2,4,6,8,10-13,32H,3,5,7,9,14H2,1H3,(H,30,33). The highest BCUT2D eigenvalue weighted by Crippen LogP contribution is 2.35. The molecule has 7 nitrogen and oxygen atoms in total. The summed E-state index contributed by atoms with van der Waals surface area (Å²) in [4.78, 5) is 33.2. The molecule has 2 aromatic carbocycles. The molecule has 0 fully saturated rings. The first-order valence-corrected chi connectivity index (χ1v) is 14.1. The molecule has 184 valence electrons. The molecule has 2 heterocycles. The summed E-state index contributed by atoms with van der Waals surface area (Å²) < 4.78 is 2.51. The normalized spacial score (nSPS) is 13.6. The highest BCUT2D eigenvalue weighted by molar-refractivity contribution is 9.10. The quantitative estimate of drug-likeness (QED) is 0.137. The van der Waals surface area contributed by atoms with Gasteiger partial charge < -0.3 is 5.11 Å². The van der Waals surface area contributed by atoms with E-state index in [1.54, 1.807) is 47.1 Å². The maximum atomic E-state index is 13.8. The van der Waals surface area contributed by atoms with E-state index in [-0.39, 0.29) is 23.0 Å². The summed E-state index contributed by atoms with van der Waals surface area (Å²) in [6.07, 6.45) is 4.08. The minimum absolute atomic E-state index is 0.0249. The number of nitrogens with one attached hydrogen (secondary N) is 1. The molecule has 0 unspecified atom stereocenters. The van der Waals surface area contributed by atoms with Crippen LogP contribution in [-0.4, -0.2) is 32.0 Å². The van der Waals surface area contributed by atoms with Crippen molar-refractivity contribution in [1.29, 1.82) is 0 Å². The zero-order chi connectivity index (χ0) is 25.2. The molecular weight excluding hydrogens is 560 g/mol. The molecule has 2 N–H and O–H groups in total. The highest BCUT2D eigenvalue weighted by atomic mass is 79.9. The number of phenols is 1. The van der Waals surface area contributed by atoms with Crippen LogP contribution in [-0.2, 0) is 17.6 Å². The molecule has 0 aliphatic heterocycles. The monoisotopic (exact) mass is 582 g/mol. The summed E-state index contributed by atoms with van der Waals surface area (Å²) >= 11 is 6.24. The zero-order valence-electron chi connectivity index (χ0n) is 19.5. The van der Waals surface area contributed by atoms with E-state index in [9.17, 15) is 14.7 Å². The van der Waals surface area contributed by atoms with E-state index in [4.69, 9.17) is 4.98 Å². The van der Waals surface area contributed by atoms with Crippen LogP contribution in [0.3, 0.4) is 0 Å². The van der Waals surface area contributed by atoms with Gasteiger partial charge in [0.2, 0.25) is 0 Å². The first kappa shape index (κ1) is 24.7. The molecule has 0 saturated heterocycles. The number of halogens is 1. The Morgan fingerprint density at radius 1 is 1.19 bits per heavy atom. The van der Waals surface area contributed by atoms with E-state index < -0.39 is 0 Å². The molecule has 36 heavy (non-hydrogen) atoms. The van der Waals surface area contributed by atoms with Crippen LogP contribution in [0.1, 0.15) is 35.8 Å². The number of hydrazone groups is 1. The summed E-state index contributed by atoms with van der Waals surface area (Å²) in [7, 11) is 0. The van der Waals surface area contributed by atoms with Gasteiger partial charge in [0.1, 0.15) is 10.6 Å². The van der Waals surface area contributed by atoms with Gasteiger partial charge in [-0.3, -0.25) is 14.2 Å². The average molecular weight is 584 g/mol. The highest BCUT2D eigenvalue weighted by Gasteiger charge is 2.23. The number of nitrogens with zero attached hydrogens (tertiary/aromatic N) is 3. The molecule has 10 heteroatoms. The number of thioether (sulfide) groups is 1. The Balaban J connectivity index is 1.45. The zero-order valence-corrected chi connectivity index (χ0v) is 22.7. The fourth-order valence-corrected chi connectivity index (χ4v) is 6.62. The number of hydrogen-bond donors (Lipinski definition) is 2. The lowest BCUT2D eigenvalue weighted by Crippen LogP contribution is -2.24. The Labute approximate surface area is 224 Å². The maximum Gasteiger partial charge on any atom is 0.267 e. The van der Waals surface area contributed by atoms with Crippen LogP contribution in [0.25, 0.3) is 15.9 Å². The Bertz CT molecular complexity index is 1540. The van der Waals surface area contributed by atoms with Gasteiger partial charge in [-0.25, -0.2) is 10.4 Å². The molecule has 1 aliphatic carbocycles. The number of thiophene rings is 1. The van der Waals surface area contributed by atoms with Crippen molar-refractivity contribution < 1.29 is 9.90 Å². The number of carbonyl (C=O) groups is 1. The van der Waals surface area contributed by atoms with Crippen LogP contribution in [0, 0.1) is 0 Å². The molecule has 0 atom stereocenters. The molecule has 2 aromatic heterocycles. The molecule has 4 aromatic rings. The smallest absolute Gasteiger partial charge is 0.267 e. The lowest BCUT2D eigenvalue weighted by Gasteiger charge is -2.13. The van der Waals surface area contributed by atoms with E-state index in [1.165, 1.54) is 16.6 Å². The molecule has 5 rings (SSSR count). The number of amides is 1. The fourth-order valence-electron chi connectivity index (χ4n) is 4.25. The number of hydrogen-bond acceptors (Lipinski definition) is 7. The minimum Gasteiger partial charge on any atom is -0.507 e. The molecule has 0 radical (unpaired) electrons. The van der Waals surface area contributed by atoms with Gasteiger partial charge in [-0.1, -0.05) is 39.8 Å². The first-order valence-electron chi connectivity index (χ1n) is 11.5. The summed E-state index contributed by atoms with van der Waals surface area (Å²) in [6, 6.07) is 14.3. The van der Waals surface area contributed by atoms with Crippen molar-refractivity contribution in [2.45, 2.75) is 37.8 Å². The van der Waals surface area contributed by atoms with E-state index in [0.29, 0.717) is 27.5 Å². The van der Waals surface area contributed by atoms with Crippen molar-refractivity contribution in [3.8, 4) is 11.4 Å². The molecule has 1 amide bonds. The van der Waals surface area contributed by atoms with Crippen molar-refractivity contribution in [2.75, 3.05) is 5.75 Å². The van der Waals surface area contributed by atoms with Gasteiger partial charge >= 0.3 is 0 Å². The van der Waals surface area contributed by atoms with E-state index >= 15 is 0 Å². The SMILES string of the molecule is CC(=NNC(=O)CSc1nc2sc3c(c2c(=O)n1-c1ccc(Br)cc1)CCCC3)c1ccccc1O. The van der Waals surface area contributed by atoms with Gasteiger partial charge in [-0.15, -0.1) is 11.3 Å². The first-order chi connectivity index (χ1) is 17.4. The number of rotatable bonds is 6. The number of aryl methyl sites for hydroxylation is 2. The van der Waals surface area contributed by atoms with Crippen LogP contribution >= 0.6 is 39.0 Å². The molecule has 0 saturated carbocycles. The number of aromatic nitrogens is 2. The second-order valence-corrected chi connectivity index (χ2v) is 11.4. The largest absolute Gasteiger partial charge is 0.507 e. The van der Waals surface area contributed by atoms with Crippen molar-refractivity contribution in [3.05, 3.63) is 79.4 Å². The number of benzene rings is 2. The number of aromatic hydroxyl groups is 1. The van der Waals surface area contributed by atoms with E-state index in [0.717, 1.165) is 40.5 Å². The van der Waals surface area contributed by atoms with Crippen molar-refractivity contribution in [1.82, 2.24) is 15.0 Å². The Morgan fingerprint density at radius 2 is 1.94 bits per heavy atom. The molecule has 0 spiro atoms. The summed E-state index contributed by atoms with van der Waals surface area (Å²) in [5, 5.41) is 15.3. The predicted molar refractivity (Wildman–Crippen MR) is 149 cm³/mol. The Morgan fingerprint density at radius 3 is 2.72 bits per heavy atom. The van der Waals surface area contributed by atoms with Gasteiger partial charge in [0, 0.05) is 14.9 Å². The van der Waals surface area contributed by atoms with Crippen LogP contribution in [0.4, 0.5) is 0 Å². The van der Waals surface area contributed by atoms with Gasteiger partial charge in [0.05, 0.1) is 22.5 Å². The summed E-state index contributed by atoms with van der Waals surface area (Å²) in [6.45, 7) is 1.71. The van der Waals surface area contributed by atoms with Crippen LogP contribution in [0.15, 0.2) is 68.1 Å². The fraction of sp³-hybridized carbons (Fsp3) is 0.231. The maximum absolute atomic E-state index is 13.8. The Kier molecular flexibility index (Phi) is 7.27. The molecular formula is C26H23BrN4O3S2. The van der Waals surface area contributed by atoms with Gasteiger partial charge in [-0.2, -0.15) is 5.10 Å². The van der Waals surface area contributed by atoms with Crippen molar-refractivity contribution in [2.24, 2.45) is 5.10 Å². The van der Waals surface area contributed by atoms with Crippen LogP contribution < -0.4 is 11.0 Å². The van der Waals surface area contributed by atoms with Gasteiger partial charge in [0.15, 0.2) is 5.16 Å². The summed E-state index contributed by atoms with van der Waals surface area (Å²) in [5.41, 5.74) is 5.30. The number of para-hydroxylation sites is 1. The van der Waals surface area contributed by atoms with Crippen LogP contribution in [0.2, 0.25) is 0 Å². The predicted octanol–water partition coefficient (Wildman–Crippen LogP) is 5.43. The van der Waals surface area contributed by atoms with E-state index in [2.05, 4.69) is 26.5 Å². The second-order valence-electron chi connectivity index (χ2n) is 8.44. The summed E-state index contributed by atoms with van der Waals surface area (Å²) in [5.74, 6) is -0.217. The Hall–Kier alpha value is -2.95. The topological polar surface area (TPSA) is 96.6 Å². The van der Waals surface area contributed by atoms with Gasteiger partial charge in [-0.05, 0) is 74.6 Å².